The highest BCUT2D eigenvalue weighted by atomic mass is 32.1. The minimum absolute atomic E-state index is 0.483. The second-order valence-corrected chi connectivity index (χ2v) is 6.89. The van der Waals surface area contributed by atoms with Crippen molar-refractivity contribution in [2.24, 2.45) is 4.99 Å². The van der Waals surface area contributed by atoms with E-state index in [9.17, 15) is 0 Å². The van der Waals surface area contributed by atoms with Gasteiger partial charge >= 0.3 is 0 Å². The van der Waals surface area contributed by atoms with E-state index in [1.54, 1.807) is 11.3 Å². The van der Waals surface area contributed by atoms with Crippen molar-refractivity contribution in [1.29, 1.82) is 0 Å². The quantitative estimate of drug-likeness (QED) is 0.473. The van der Waals surface area contributed by atoms with Crippen molar-refractivity contribution in [2.75, 3.05) is 20.1 Å². The number of nitrogens with one attached hydrogen (secondary N) is 3. The van der Waals surface area contributed by atoms with E-state index in [2.05, 4.69) is 75.5 Å². The predicted molar refractivity (Wildman–Crippen MR) is 104 cm³/mol. The average molecular weight is 340 g/mol. The second kappa shape index (κ2) is 8.02. The summed E-state index contributed by atoms with van der Waals surface area (Å²) in [4.78, 5) is 9.04. The molecule has 3 rings (SSSR count). The highest BCUT2D eigenvalue weighted by molar-refractivity contribution is 7.10. The van der Waals surface area contributed by atoms with Crippen LogP contribution in [0.25, 0.3) is 10.9 Å². The molecular weight excluding hydrogens is 316 g/mol. The van der Waals surface area contributed by atoms with Crippen LogP contribution in [-0.2, 0) is 6.42 Å². The molecule has 0 aliphatic heterocycles. The fraction of sp³-hybridized carbons (Fsp3) is 0.316. The zero-order valence-electron chi connectivity index (χ0n) is 14.2. The maximum Gasteiger partial charge on any atom is 0.191 e. The van der Waals surface area contributed by atoms with Gasteiger partial charge in [-0.2, -0.15) is 0 Å². The van der Waals surface area contributed by atoms with Gasteiger partial charge in [0.15, 0.2) is 5.96 Å². The average Bonchev–Trinajstić information content (AvgIpc) is 3.28. The lowest BCUT2D eigenvalue weighted by Crippen LogP contribution is -2.39. The number of nitrogens with zero attached hydrogens (tertiary/aromatic N) is 1. The summed E-state index contributed by atoms with van der Waals surface area (Å²) < 4.78 is 0. The lowest BCUT2D eigenvalue weighted by atomic mass is 10.1. The van der Waals surface area contributed by atoms with Gasteiger partial charge in [-0.1, -0.05) is 31.2 Å². The summed E-state index contributed by atoms with van der Waals surface area (Å²) in [5.41, 5.74) is 2.53. The van der Waals surface area contributed by atoms with Crippen molar-refractivity contribution in [3.05, 3.63) is 58.4 Å². The molecule has 3 aromatic rings. The molecule has 0 amide bonds. The number of fused-ring (bicyclic) bond motifs is 1. The van der Waals surface area contributed by atoms with Gasteiger partial charge in [0.05, 0.1) is 0 Å². The van der Waals surface area contributed by atoms with Gasteiger partial charge in [0.25, 0.3) is 0 Å². The standard InChI is InChI=1S/C19H24N4S/c1-14(18-8-5-11-24-18)12-23-19(20-2)21-10-9-15-13-22-17-7-4-3-6-16(15)17/h3-8,11,13-14,22H,9-10,12H2,1-2H3,(H2,20,21,23). The highest BCUT2D eigenvalue weighted by Crippen LogP contribution is 2.19. The molecule has 0 fully saturated rings. The number of aliphatic imine (C=N–C) groups is 1. The molecule has 0 aliphatic rings. The van der Waals surface area contributed by atoms with E-state index in [0.717, 1.165) is 25.5 Å². The lowest BCUT2D eigenvalue weighted by molar-refractivity contribution is 0.707. The van der Waals surface area contributed by atoms with Gasteiger partial charge in [-0.15, -0.1) is 11.3 Å². The largest absolute Gasteiger partial charge is 0.361 e. The number of hydrogen-bond acceptors (Lipinski definition) is 2. The van der Waals surface area contributed by atoms with Gasteiger partial charge < -0.3 is 15.6 Å². The second-order valence-electron chi connectivity index (χ2n) is 5.91. The van der Waals surface area contributed by atoms with Crippen molar-refractivity contribution in [1.82, 2.24) is 15.6 Å². The Hall–Kier alpha value is -2.27. The summed E-state index contributed by atoms with van der Waals surface area (Å²) in [5.74, 6) is 1.34. The Morgan fingerprint density at radius 2 is 2.08 bits per heavy atom. The van der Waals surface area contributed by atoms with Crippen molar-refractivity contribution in [3.63, 3.8) is 0 Å². The molecule has 0 aliphatic carbocycles. The summed E-state index contributed by atoms with van der Waals surface area (Å²) in [7, 11) is 1.82. The topological polar surface area (TPSA) is 52.2 Å². The number of hydrogen-bond donors (Lipinski definition) is 3. The van der Waals surface area contributed by atoms with E-state index in [4.69, 9.17) is 0 Å². The maximum atomic E-state index is 4.31. The Kier molecular flexibility index (Phi) is 5.54. The van der Waals surface area contributed by atoms with E-state index >= 15 is 0 Å². The molecular formula is C19H24N4S. The molecule has 1 aromatic carbocycles. The fourth-order valence-electron chi connectivity index (χ4n) is 2.80. The first-order valence-electron chi connectivity index (χ1n) is 8.31. The molecule has 1 unspecified atom stereocenters. The number of thiophene rings is 1. The van der Waals surface area contributed by atoms with Gasteiger partial charge in [0.2, 0.25) is 0 Å². The van der Waals surface area contributed by atoms with Crippen LogP contribution >= 0.6 is 11.3 Å². The summed E-state index contributed by atoms with van der Waals surface area (Å²) >= 11 is 1.80. The number of para-hydroxylation sites is 1. The molecule has 1 atom stereocenters. The molecule has 24 heavy (non-hydrogen) atoms. The minimum Gasteiger partial charge on any atom is -0.361 e. The Balaban J connectivity index is 1.48. The molecule has 3 N–H and O–H groups in total. The molecule has 0 bridgehead atoms. The van der Waals surface area contributed by atoms with Crippen molar-refractivity contribution in [2.45, 2.75) is 19.3 Å². The Morgan fingerprint density at radius 3 is 2.88 bits per heavy atom. The third-order valence-electron chi connectivity index (χ3n) is 4.19. The molecule has 2 heterocycles. The van der Waals surface area contributed by atoms with Gasteiger partial charge in [-0.3, -0.25) is 4.99 Å². The number of guanidine groups is 1. The third-order valence-corrected chi connectivity index (χ3v) is 5.29. The molecule has 0 saturated carbocycles. The maximum absolute atomic E-state index is 4.31. The zero-order valence-corrected chi connectivity index (χ0v) is 15.0. The van der Waals surface area contributed by atoms with Crippen LogP contribution in [0.4, 0.5) is 0 Å². The first kappa shape index (κ1) is 16.6. The van der Waals surface area contributed by atoms with Crippen LogP contribution < -0.4 is 10.6 Å². The van der Waals surface area contributed by atoms with Gasteiger partial charge in [-0.05, 0) is 29.5 Å². The first-order chi connectivity index (χ1) is 11.8. The van der Waals surface area contributed by atoms with Crippen LogP contribution in [0.2, 0.25) is 0 Å². The Labute approximate surface area is 147 Å². The lowest BCUT2D eigenvalue weighted by Gasteiger charge is -2.15. The molecule has 0 saturated heterocycles. The van der Waals surface area contributed by atoms with E-state index in [-0.39, 0.29) is 0 Å². The third kappa shape index (κ3) is 3.97. The van der Waals surface area contributed by atoms with Crippen LogP contribution in [-0.4, -0.2) is 31.1 Å². The first-order valence-corrected chi connectivity index (χ1v) is 9.19. The summed E-state index contributed by atoms with van der Waals surface area (Å²) in [6, 6.07) is 12.7. The van der Waals surface area contributed by atoms with Gasteiger partial charge in [0, 0.05) is 48.0 Å². The van der Waals surface area contributed by atoms with Crippen LogP contribution in [0, 0.1) is 0 Å². The van der Waals surface area contributed by atoms with Crippen LogP contribution in [0.15, 0.2) is 53.0 Å². The Bertz CT molecular complexity index is 789. The van der Waals surface area contributed by atoms with E-state index < -0.39 is 0 Å². The van der Waals surface area contributed by atoms with E-state index in [1.807, 2.05) is 7.05 Å². The number of benzene rings is 1. The highest BCUT2D eigenvalue weighted by Gasteiger charge is 2.08. The fourth-order valence-corrected chi connectivity index (χ4v) is 3.58. The molecule has 0 spiro atoms. The van der Waals surface area contributed by atoms with E-state index in [1.165, 1.54) is 21.3 Å². The smallest absolute Gasteiger partial charge is 0.191 e. The molecule has 5 heteroatoms. The molecule has 2 aromatic heterocycles. The summed E-state index contributed by atoms with van der Waals surface area (Å²) in [5, 5.41) is 10.2. The monoisotopic (exact) mass is 340 g/mol. The number of aromatic nitrogens is 1. The Morgan fingerprint density at radius 1 is 1.21 bits per heavy atom. The minimum atomic E-state index is 0.483. The van der Waals surface area contributed by atoms with Crippen LogP contribution in [0.5, 0.6) is 0 Å². The van der Waals surface area contributed by atoms with Gasteiger partial charge in [-0.25, -0.2) is 0 Å². The normalized spacial score (nSPS) is 13.2. The molecule has 4 nitrogen and oxygen atoms in total. The SMILES string of the molecule is CN=C(NCCc1c[nH]c2ccccc12)NCC(C)c1cccs1. The number of H-pyrrole nitrogens is 1. The molecule has 0 radical (unpaired) electrons. The van der Waals surface area contributed by atoms with Crippen LogP contribution in [0.3, 0.4) is 0 Å². The zero-order chi connectivity index (χ0) is 16.8. The number of rotatable bonds is 6. The van der Waals surface area contributed by atoms with Crippen molar-refractivity contribution in [3.8, 4) is 0 Å². The predicted octanol–water partition coefficient (Wildman–Crippen LogP) is 3.74. The van der Waals surface area contributed by atoms with Crippen LogP contribution in [0.1, 0.15) is 23.3 Å². The number of aromatic amines is 1. The summed E-state index contributed by atoms with van der Waals surface area (Å²) in [6.45, 7) is 3.97. The van der Waals surface area contributed by atoms with Gasteiger partial charge in [0.1, 0.15) is 0 Å². The van der Waals surface area contributed by atoms with E-state index in [0.29, 0.717) is 5.92 Å². The van der Waals surface area contributed by atoms with Crippen molar-refractivity contribution >= 4 is 28.2 Å². The van der Waals surface area contributed by atoms with Crippen molar-refractivity contribution < 1.29 is 0 Å². The summed E-state index contributed by atoms with van der Waals surface area (Å²) in [6.07, 6.45) is 3.06. The molecule has 126 valence electrons.